The van der Waals surface area contributed by atoms with Crippen molar-refractivity contribution in [3.05, 3.63) is 36.1 Å². The predicted octanol–water partition coefficient (Wildman–Crippen LogP) is 2.57. The molecule has 4 heteroatoms. The van der Waals surface area contributed by atoms with Crippen LogP contribution in [0.5, 0.6) is 0 Å². The summed E-state index contributed by atoms with van der Waals surface area (Å²) in [5, 5.41) is 12.7. The van der Waals surface area contributed by atoms with Crippen LogP contribution in [0.1, 0.15) is 30.1 Å². The van der Waals surface area contributed by atoms with Gasteiger partial charge in [0.1, 0.15) is 11.8 Å². The third-order valence-electron chi connectivity index (χ3n) is 3.39. The molecule has 0 fully saturated rings. The van der Waals surface area contributed by atoms with Crippen molar-refractivity contribution in [2.45, 2.75) is 19.8 Å². The molecule has 1 aromatic heterocycles. The first kappa shape index (κ1) is 13.6. The number of aliphatic hydroxyl groups is 1. The zero-order chi connectivity index (χ0) is 13.7. The van der Waals surface area contributed by atoms with Gasteiger partial charge in [0.2, 0.25) is 0 Å². The van der Waals surface area contributed by atoms with Crippen molar-refractivity contribution < 1.29 is 14.3 Å². The van der Waals surface area contributed by atoms with E-state index >= 15 is 0 Å². The smallest absolute Gasteiger partial charge is 0.255 e. The molecule has 0 aliphatic heterocycles. The van der Waals surface area contributed by atoms with Gasteiger partial charge in [-0.15, -0.1) is 0 Å². The number of hydrogen-bond donors (Lipinski definition) is 2. The summed E-state index contributed by atoms with van der Waals surface area (Å²) < 4.78 is 5.35. The molecule has 1 heterocycles. The van der Waals surface area contributed by atoms with Crippen LogP contribution in [0.3, 0.4) is 0 Å². The molecule has 1 amide bonds. The fourth-order valence-electron chi connectivity index (χ4n) is 2.12. The van der Waals surface area contributed by atoms with E-state index in [4.69, 9.17) is 9.52 Å². The molecular formula is C15H19NO3. The molecule has 0 spiro atoms. The Labute approximate surface area is 112 Å². The second-order valence-corrected chi connectivity index (χ2v) is 4.64. The second-order valence-electron chi connectivity index (χ2n) is 4.64. The van der Waals surface area contributed by atoms with Crippen molar-refractivity contribution in [3.8, 4) is 0 Å². The average Bonchev–Trinajstić information content (AvgIpc) is 2.87. The van der Waals surface area contributed by atoms with Crippen molar-refractivity contribution in [3.63, 3.8) is 0 Å². The van der Waals surface area contributed by atoms with Gasteiger partial charge < -0.3 is 14.8 Å². The third kappa shape index (κ3) is 3.15. The van der Waals surface area contributed by atoms with E-state index in [0.29, 0.717) is 24.4 Å². The number of aliphatic hydroxyl groups excluding tert-OH is 1. The number of carbonyl (C=O) groups excluding carboxylic acids is 1. The summed E-state index contributed by atoms with van der Waals surface area (Å²) in [6.07, 6.45) is 3.14. The van der Waals surface area contributed by atoms with Crippen LogP contribution in [0.2, 0.25) is 0 Å². The molecule has 2 rings (SSSR count). The lowest BCUT2D eigenvalue weighted by Crippen LogP contribution is -2.29. The summed E-state index contributed by atoms with van der Waals surface area (Å²) in [4.78, 5) is 12.1. The molecule has 4 nitrogen and oxygen atoms in total. The zero-order valence-corrected chi connectivity index (χ0v) is 11.1. The Balaban J connectivity index is 2.04. The first-order valence-corrected chi connectivity index (χ1v) is 6.61. The monoisotopic (exact) mass is 261 g/mol. The number of amides is 1. The number of benzene rings is 1. The molecule has 0 saturated heterocycles. The predicted molar refractivity (Wildman–Crippen MR) is 74.0 cm³/mol. The number of hydrogen-bond acceptors (Lipinski definition) is 3. The van der Waals surface area contributed by atoms with Crippen LogP contribution in [0.15, 0.2) is 34.9 Å². The molecular weight excluding hydrogens is 242 g/mol. The molecule has 1 aromatic carbocycles. The van der Waals surface area contributed by atoms with Crippen LogP contribution in [0.25, 0.3) is 11.0 Å². The number of nitrogens with one attached hydrogen (secondary N) is 1. The third-order valence-corrected chi connectivity index (χ3v) is 3.39. The normalized spacial score (nSPS) is 12.5. The molecule has 0 aliphatic carbocycles. The van der Waals surface area contributed by atoms with Crippen molar-refractivity contribution in [2.24, 2.45) is 5.92 Å². The van der Waals surface area contributed by atoms with E-state index in [2.05, 4.69) is 12.2 Å². The quantitative estimate of drug-likeness (QED) is 0.840. The molecule has 1 unspecified atom stereocenters. The summed E-state index contributed by atoms with van der Waals surface area (Å²) in [7, 11) is 0. The maximum Gasteiger partial charge on any atom is 0.255 e. The van der Waals surface area contributed by atoms with Gasteiger partial charge >= 0.3 is 0 Å². The lowest BCUT2D eigenvalue weighted by atomic mass is 10.0. The number of fused-ring (bicyclic) bond motifs is 1. The Morgan fingerprint density at radius 2 is 2.21 bits per heavy atom. The van der Waals surface area contributed by atoms with E-state index in [1.165, 1.54) is 6.26 Å². The van der Waals surface area contributed by atoms with Gasteiger partial charge in [0.25, 0.3) is 5.91 Å². The van der Waals surface area contributed by atoms with Crippen molar-refractivity contribution in [2.75, 3.05) is 13.2 Å². The number of para-hydroxylation sites is 1. The number of carbonyl (C=O) groups is 1. The van der Waals surface area contributed by atoms with Crippen LogP contribution in [-0.4, -0.2) is 24.2 Å². The Kier molecular flexibility index (Phi) is 4.58. The van der Waals surface area contributed by atoms with E-state index in [-0.39, 0.29) is 12.5 Å². The first-order chi connectivity index (χ1) is 9.26. The molecule has 102 valence electrons. The van der Waals surface area contributed by atoms with Gasteiger partial charge in [-0.1, -0.05) is 31.5 Å². The van der Waals surface area contributed by atoms with Crippen LogP contribution < -0.4 is 5.32 Å². The molecule has 2 aromatic rings. The number of furan rings is 1. The highest BCUT2D eigenvalue weighted by molar-refractivity contribution is 6.05. The van der Waals surface area contributed by atoms with Gasteiger partial charge in [-0.05, 0) is 18.4 Å². The molecule has 0 aliphatic rings. The minimum atomic E-state index is -0.124. The molecule has 0 radical (unpaired) electrons. The maximum atomic E-state index is 12.1. The van der Waals surface area contributed by atoms with Crippen LogP contribution in [0, 0.1) is 5.92 Å². The SMILES string of the molecule is CCC(CCO)CNC(=O)c1coc2ccccc12. The highest BCUT2D eigenvalue weighted by Gasteiger charge is 2.14. The van der Waals surface area contributed by atoms with Crippen LogP contribution in [0.4, 0.5) is 0 Å². The lowest BCUT2D eigenvalue weighted by Gasteiger charge is -2.13. The molecule has 19 heavy (non-hydrogen) atoms. The van der Waals surface area contributed by atoms with Gasteiger partial charge in [0.05, 0.1) is 5.56 Å². The van der Waals surface area contributed by atoms with E-state index in [1.807, 2.05) is 24.3 Å². The molecule has 1 atom stereocenters. The summed E-state index contributed by atoms with van der Waals surface area (Å²) in [6, 6.07) is 7.47. The van der Waals surface area contributed by atoms with Crippen molar-refractivity contribution in [1.29, 1.82) is 0 Å². The minimum absolute atomic E-state index is 0.124. The highest BCUT2D eigenvalue weighted by Crippen LogP contribution is 2.20. The van der Waals surface area contributed by atoms with Crippen molar-refractivity contribution >= 4 is 16.9 Å². The van der Waals surface area contributed by atoms with Gasteiger partial charge in [0, 0.05) is 18.5 Å². The highest BCUT2D eigenvalue weighted by atomic mass is 16.3. The molecule has 0 saturated carbocycles. The summed E-state index contributed by atoms with van der Waals surface area (Å²) in [6.45, 7) is 2.79. The van der Waals surface area contributed by atoms with Gasteiger partial charge in [-0.25, -0.2) is 0 Å². The topological polar surface area (TPSA) is 62.5 Å². The Morgan fingerprint density at radius 1 is 1.42 bits per heavy atom. The Bertz CT molecular complexity index is 547. The van der Waals surface area contributed by atoms with E-state index in [0.717, 1.165) is 17.4 Å². The minimum Gasteiger partial charge on any atom is -0.463 e. The molecule has 2 N–H and O–H groups in total. The summed E-state index contributed by atoms with van der Waals surface area (Å²) >= 11 is 0. The maximum absolute atomic E-state index is 12.1. The fraction of sp³-hybridized carbons (Fsp3) is 0.400. The van der Waals surface area contributed by atoms with Gasteiger partial charge in [-0.3, -0.25) is 4.79 Å². The van der Waals surface area contributed by atoms with Crippen molar-refractivity contribution in [1.82, 2.24) is 5.32 Å². The van der Waals surface area contributed by atoms with Crippen LogP contribution >= 0.6 is 0 Å². The second kappa shape index (κ2) is 6.38. The average molecular weight is 261 g/mol. The Hall–Kier alpha value is -1.81. The standard InChI is InChI=1S/C15H19NO3/c1-2-11(7-8-17)9-16-15(18)13-10-19-14-6-4-3-5-12(13)14/h3-6,10-11,17H,2,7-9H2,1H3,(H,16,18). The van der Waals surface area contributed by atoms with E-state index in [1.54, 1.807) is 0 Å². The van der Waals surface area contributed by atoms with Gasteiger partial charge in [0.15, 0.2) is 0 Å². The summed E-state index contributed by atoms with van der Waals surface area (Å²) in [5.74, 6) is 0.188. The number of rotatable bonds is 6. The van der Waals surface area contributed by atoms with Gasteiger partial charge in [-0.2, -0.15) is 0 Å². The lowest BCUT2D eigenvalue weighted by molar-refractivity contribution is 0.0944. The largest absolute Gasteiger partial charge is 0.463 e. The zero-order valence-electron chi connectivity index (χ0n) is 11.1. The summed E-state index contributed by atoms with van der Waals surface area (Å²) in [5.41, 5.74) is 1.28. The Morgan fingerprint density at radius 3 is 2.95 bits per heavy atom. The van der Waals surface area contributed by atoms with E-state index < -0.39 is 0 Å². The van der Waals surface area contributed by atoms with E-state index in [9.17, 15) is 4.79 Å². The fourth-order valence-corrected chi connectivity index (χ4v) is 2.12. The molecule has 0 bridgehead atoms. The van der Waals surface area contributed by atoms with Crippen LogP contribution in [-0.2, 0) is 0 Å². The first-order valence-electron chi connectivity index (χ1n) is 6.61.